The summed E-state index contributed by atoms with van der Waals surface area (Å²) in [6.45, 7) is 3.36. The van der Waals surface area contributed by atoms with E-state index in [4.69, 9.17) is 0 Å². The molecule has 0 aromatic rings. The zero-order chi connectivity index (χ0) is 9.47. The Balaban J connectivity index is 2.23. The third-order valence-electron chi connectivity index (χ3n) is 2.64. The Kier molecular flexibility index (Phi) is 2.33. The van der Waals surface area contributed by atoms with Crippen molar-refractivity contribution >= 4 is 10.0 Å². The average Bonchev–Trinajstić information content (AvgIpc) is 2.80. The number of rotatable bonds is 1. The Morgan fingerprint density at radius 2 is 2.08 bits per heavy atom. The van der Waals surface area contributed by atoms with Gasteiger partial charge in [-0.2, -0.15) is 4.31 Å². The molecule has 0 aromatic heterocycles. The van der Waals surface area contributed by atoms with Crippen molar-refractivity contribution in [3.05, 3.63) is 0 Å². The number of sulfonamides is 1. The van der Waals surface area contributed by atoms with Gasteiger partial charge in [-0.05, 0) is 19.8 Å². The van der Waals surface area contributed by atoms with Crippen LogP contribution in [0.5, 0.6) is 0 Å². The van der Waals surface area contributed by atoms with Crippen LogP contribution in [0.2, 0.25) is 0 Å². The predicted octanol–water partition coefficient (Wildman–Crippen LogP) is -0.228. The molecule has 13 heavy (non-hydrogen) atoms. The summed E-state index contributed by atoms with van der Waals surface area (Å²) in [6.07, 6.45) is 2.09. The first-order chi connectivity index (χ1) is 6.11. The van der Waals surface area contributed by atoms with E-state index in [2.05, 4.69) is 5.32 Å². The van der Waals surface area contributed by atoms with Crippen LogP contribution in [-0.2, 0) is 10.0 Å². The van der Waals surface area contributed by atoms with Crippen LogP contribution in [0.3, 0.4) is 0 Å². The molecule has 0 radical (unpaired) electrons. The largest absolute Gasteiger partial charge is 0.314 e. The topological polar surface area (TPSA) is 49.4 Å². The van der Waals surface area contributed by atoms with E-state index >= 15 is 0 Å². The second kappa shape index (κ2) is 3.22. The maximum Gasteiger partial charge on any atom is 0.215 e. The second-order valence-corrected chi connectivity index (χ2v) is 5.92. The minimum absolute atomic E-state index is 0.125. The van der Waals surface area contributed by atoms with E-state index in [0.29, 0.717) is 12.6 Å². The quantitative estimate of drug-likeness (QED) is 0.642. The summed E-state index contributed by atoms with van der Waals surface area (Å²) in [5.74, 6) is 0.258. The molecule has 76 valence electrons. The summed E-state index contributed by atoms with van der Waals surface area (Å²) in [5, 5.41) is 3.14. The Morgan fingerprint density at radius 3 is 2.69 bits per heavy atom. The molecule has 0 spiro atoms. The fourth-order valence-electron chi connectivity index (χ4n) is 1.90. The van der Waals surface area contributed by atoms with Gasteiger partial charge in [-0.25, -0.2) is 8.42 Å². The fourth-order valence-corrected chi connectivity index (χ4v) is 3.80. The van der Waals surface area contributed by atoms with Crippen LogP contribution in [-0.4, -0.2) is 43.6 Å². The SMILES string of the molecule is CC1CNCCS(=O)(=O)N1C1CC1. The Bertz CT molecular complexity index is 285. The monoisotopic (exact) mass is 204 g/mol. The van der Waals surface area contributed by atoms with Gasteiger partial charge < -0.3 is 5.32 Å². The highest BCUT2D eigenvalue weighted by Crippen LogP contribution is 2.31. The molecule has 0 amide bonds. The van der Waals surface area contributed by atoms with E-state index in [1.807, 2.05) is 6.92 Å². The van der Waals surface area contributed by atoms with Gasteiger partial charge in [-0.3, -0.25) is 0 Å². The smallest absolute Gasteiger partial charge is 0.215 e. The van der Waals surface area contributed by atoms with Crippen molar-refractivity contribution < 1.29 is 8.42 Å². The third-order valence-corrected chi connectivity index (χ3v) is 4.66. The zero-order valence-electron chi connectivity index (χ0n) is 7.86. The summed E-state index contributed by atoms with van der Waals surface area (Å²) >= 11 is 0. The van der Waals surface area contributed by atoms with Gasteiger partial charge in [-0.1, -0.05) is 0 Å². The van der Waals surface area contributed by atoms with Crippen LogP contribution in [0.4, 0.5) is 0 Å². The molecule has 1 aliphatic carbocycles. The standard InChI is InChI=1S/C8H16N2O2S/c1-7-6-9-4-5-13(11,12)10(7)8-2-3-8/h7-9H,2-6H2,1H3. The van der Waals surface area contributed by atoms with Gasteiger partial charge in [-0.15, -0.1) is 0 Å². The fraction of sp³-hybridized carbons (Fsp3) is 1.00. The summed E-state index contributed by atoms with van der Waals surface area (Å²) < 4.78 is 25.3. The van der Waals surface area contributed by atoms with E-state index in [-0.39, 0.29) is 11.8 Å². The van der Waals surface area contributed by atoms with Crippen molar-refractivity contribution in [2.75, 3.05) is 18.8 Å². The van der Waals surface area contributed by atoms with Crippen molar-refractivity contribution in [1.29, 1.82) is 0 Å². The molecule has 5 heteroatoms. The van der Waals surface area contributed by atoms with Crippen LogP contribution in [0.15, 0.2) is 0 Å². The zero-order valence-corrected chi connectivity index (χ0v) is 8.68. The van der Waals surface area contributed by atoms with Crippen molar-refractivity contribution in [3.63, 3.8) is 0 Å². The maximum absolute atomic E-state index is 11.8. The lowest BCUT2D eigenvalue weighted by Gasteiger charge is -2.25. The second-order valence-electron chi connectivity index (χ2n) is 3.93. The molecule has 1 atom stereocenters. The highest BCUT2D eigenvalue weighted by molar-refractivity contribution is 7.89. The molecule has 4 nitrogen and oxygen atoms in total. The van der Waals surface area contributed by atoms with Crippen LogP contribution < -0.4 is 5.32 Å². The number of hydrogen-bond donors (Lipinski definition) is 1. The lowest BCUT2D eigenvalue weighted by Crippen LogP contribution is -2.42. The van der Waals surface area contributed by atoms with E-state index in [1.54, 1.807) is 4.31 Å². The molecule has 0 bridgehead atoms. The first kappa shape index (κ1) is 9.43. The lowest BCUT2D eigenvalue weighted by atomic mass is 10.3. The van der Waals surface area contributed by atoms with E-state index in [9.17, 15) is 8.42 Å². The number of nitrogens with zero attached hydrogens (tertiary/aromatic N) is 1. The Morgan fingerprint density at radius 1 is 1.38 bits per heavy atom. The molecule has 2 rings (SSSR count). The minimum Gasteiger partial charge on any atom is -0.314 e. The molecular weight excluding hydrogens is 188 g/mol. The predicted molar refractivity (Wildman–Crippen MR) is 51.0 cm³/mol. The van der Waals surface area contributed by atoms with E-state index in [0.717, 1.165) is 19.4 Å². The normalized spacial score (nSPS) is 35.6. The van der Waals surface area contributed by atoms with E-state index in [1.165, 1.54) is 0 Å². The summed E-state index contributed by atoms with van der Waals surface area (Å²) in [4.78, 5) is 0. The highest BCUT2D eigenvalue weighted by atomic mass is 32.2. The highest BCUT2D eigenvalue weighted by Gasteiger charge is 2.40. The van der Waals surface area contributed by atoms with Gasteiger partial charge >= 0.3 is 0 Å². The van der Waals surface area contributed by atoms with Gasteiger partial charge in [0.2, 0.25) is 10.0 Å². The molecule has 1 N–H and O–H groups in total. The molecule has 0 aromatic carbocycles. The van der Waals surface area contributed by atoms with Gasteiger partial charge in [0.25, 0.3) is 0 Å². The molecule has 2 aliphatic rings. The first-order valence-corrected chi connectivity index (χ1v) is 6.44. The van der Waals surface area contributed by atoms with Crippen LogP contribution in [0.1, 0.15) is 19.8 Å². The maximum atomic E-state index is 11.8. The molecule has 1 aliphatic heterocycles. The molecule has 1 heterocycles. The number of hydrogen-bond acceptors (Lipinski definition) is 3. The van der Waals surface area contributed by atoms with Gasteiger partial charge in [0.1, 0.15) is 0 Å². The minimum atomic E-state index is -2.98. The molecular formula is C8H16N2O2S. The Labute approximate surface area is 79.4 Å². The third kappa shape index (κ3) is 1.87. The van der Waals surface area contributed by atoms with Gasteiger partial charge in [0.15, 0.2) is 0 Å². The summed E-state index contributed by atoms with van der Waals surface area (Å²) in [7, 11) is -2.98. The van der Waals surface area contributed by atoms with Crippen molar-refractivity contribution in [2.45, 2.75) is 31.8 Å². The van der Waals surface area contributed by atoms with Gasteiger partial charge in [0, 0.05) is 25.2 Å². The van der Waals surface area contributed by atoms with E-state index < -0.39 is 10.0 Å². The number of nitrogens with one attached hydrogen (secondary N) is 1. The average molecular weight is 204 g/mol. The summed E-state index contributed by atoms with van der Waals surface area (Å²) in [6, 6.07) is 0.430. The van der Waals surface area contributed by atoms with Crippen LogP contribution in [0, 0.1) is 0 Å². The van der Waals surface area contributed by atoms with Crippen molar-refractivity contribution in [2.24, 2.45) is 0 Å². The lowest BCUT2D eigenvalue weighted by molar-refractivity contribution is 0.330. The van der Waals surface area contributed by atoms with Crippen molar-refractivity contribution in [3.8, 4) is 0 Å². The molecule has 1 unspecified atom stereocenters. The Hall–Kier alpha value is -0.130. The van der Waals surface area contributed by atoms with Crippen LogP contribution >= 0.6 is 0 Å². The van der Waals surface area contributed by atoms with Gasteiger partial charge in [0.05, 0.1) is 5.75 Å². The summed E-state index contributed by atoms with van der Waals surface area (Å²) in [5.41, 5.74) is 0. The molecule has 2 fully saturated rings. The van der Waals surface area contributed by atoms with Crippen LogP contribution in [0.25, 0.3) is 0 Å². The molecule has 1 saturated heterocycles. The molecule has 1 saturated carbocycles. The first-order valence-electron chi connectivity index (χ1n) is 4.83. The van der Waals surface area contributed by atoms with Crippen molar-refractivity contribution in [1.82, 2.24) is 9.62 Å².